The van der Waals surface area contributed by atoms with Crippen molar-refractivity contribution in [3.63, 3.8) is 0 Å². The maximum atomic E-state index is 12.9. The van der Waals surface area contributed by atoms with Gasteiger partial charge in [-0.25, -0.2) is 9.97 Å². The Morgan fingerprint density at radius 3 is 2.90 bits per heavy atom. The Kier molecular flexibility index (Phi) is 6.72. The monoisotopic (exact) mass is 417 g/mol. The van der Waals surface area contributed by atoms with Crippen molar-refractivity contribution in [3.05, 3.63) is 72.3 Å². The SMILES string of the molecule is COc1ccccc1CCC(=O)N1CCC[C@H](c2cccc(Nc3cnccn3)n2)C1. The van der Waals surface area contributed by atoms with E-state index in [0.717, 1.165) is 42.2 Å². The van der Waals surface area contributed by atoms with Gasteiger partial charge in [-0.15, -0.1) is 0 Å². The fourth-order valence-electron chi connectivity index (χ4n) is 4.00. The third-order valence-electron chi connectivity index (χ3n) is 5.58. The van der Waals surface area contributed by atoms with Crippen LogP contribution in [0.15, 0.2) is 61.1 Å². The maximum absolute atomic E-state index is 12.9. The van der Waals surface area contributed by atoms with Gasteiger partial charge in [-0.3, -0.25) is 9.78 Å². The fraction of sp³-hybridized carbons (Fsp3) is 0.333. The lowest BCUT2D eigenvalue weighted by Gasteiger charge is -2.32. The summed E-state index contributed by atoms with van der Waals surface area (Å²) in [5.74, 6) is 2.64. The number of anilines is 2. The van der Waals surface area contributed by atoms with E-state index in [9.17, 15) is 4.79 Å². The van der Waals surface area contributed by atoms with E-state index >= 15 is 0 Å². The first kappa shape index (κ1) is 20.8. The summed E-state index contributed by atoms with van der Waals surface area (Å²) >= 11 is 0. The topological polar surface area (TPSA) is 80.2 Å². The van der Waals surface area contributed by atoms with Crippen LogP contribution in [-0.2, 0) is 11.2 Å². The number of para-hydroxylation sites is 1. The summed E-state index contributed by atoms with van der Waals surface area (Å²) in [4.78, 5) is 27.9. The van der Waals surface area contributed by atoms with Gasteiger partial charge in [0.2, 0.25) is 5.91 Å². The lowest BCUT2D eigenvalue weighted by atomic mass is 9.93. The number of amides is 1. The highest BCUT2D eigenvalue weighted by molar-refractivity contribution is 5.76. The molecule has 7 heteroatoms. The molecular weight excluding hydrogens is 390 g/mol. The molecule has 1 atom stereocenters. The highest BCUT2D eigenvalue weighted by atomic mass is 16.5. The summed E-state index contributed by atoms with van der Waals surface area (Å²) in [5, 5.41) is 3.19. The Hall–Kier alpha value is -3.48. The van der Waals surface area contributed by atoms with Crippen LogP contribution in [-0.4, -0.2) is 46.0 Å². The van der Waals surface area contributed by atoms with Crippen LogP contribution in [0.25, 0.3) is 0 Å². The number of rotatable bonds is 7. The number of ether oxygens (including phenoxy) is 1. The number of carbonyl (C=O) groups is 1. The van der Waals surface area contributed by atoms with Crippen molar-refractivity contribution >= 4 is 17.5 Å². The van der Waals surface area contributed by atoms with Gasteiger partial charge < -0.3 is 15.0 Å². The molecule has 0 spiro atoms. The molecule has 1 fully saturated rings. The predicted octanol–water partition coefficient (Wildman–Crippen LogP) is 3.96. The summed E-state index contributed by atoms with van der Waals surface area (Å²) < 4.78 is 5.40. The van der Waals surface area contributed by atoms with Crippen LogP contribution in [0, 0.1) is 0 Å². The van der Waals surface area contributed by atoms with E-state index in [1.165, 1.54) is 0 Å². The van der Waals surface area contributed by atoms with Crippen LogP contribution < -0.4 is 10.1 Å². The van der Waals surface area contributed by atoms with E-state index in [1.54, 1.807) is 25.7 Å². The number of carbonyl (C=O) groups excluding carboxylic acids is 1. The minimum absolute atomic E-state index is 0.185. The van der Waals surface area contributed by atoms with Crippen molar-refractivity contribution in [2.45, 2.75) is 31.6 Å². The molecule has 1 aromatic carbocycles. The van der Waals surface area contributed by atoms with Crippen LogP contribution in [0.3, 0.4) is 0 Å². The highest BCUT2D eigenvalue weighted by Crippen LogP contribution is 2.28. The summed E-state index contributed by atoms with van der Waals surface area (Å²) in [6.45, 7) is 1.51. The van der Waals surface area contributed by atoms with Crippen LogP contribution in [0.5, 0.6) is 5.75 Å². The minimum Gasteiger partial charge on any atom is -0.496 e. The molecule has 2 aromatic heterocycles. The minimum atomic E-state index is 0.185. The first-order valence-corrected chi connectivity index (χ1v) is 10.6. The zero-order chi connectivity index (χ0) is 21.5. The van der Waals surface area contributed by atoms with Crippen LogP contribution in [0.4, 0.5) is 11.6 Å². The Morgan fingerprint density at radius 2 is 2.06 bits per heavy atom. The number of nitrogens with zero attached hydrogens (tertiary/aromatic N) is 4. The number of pyridine rings is 1. The van der Waals surface area contributed by atoms with Gasteiger partial charge >= 0.3 is 0 Å². The number of likely N-dealkylation sites (tertiary alicyclic amines) is 1. The molecule has 1 aliphatic rings. The fourth-order valence-corrected chi connectivity index (χ4v) is 4.00. The molecule has 3 heterocycles. The molecule has 0 unspecified atom stereocenters. The largest absolute Gasteiger partial charge is 0.496 e. The molecule has 0 radical (unpaired) electrons. The molecule has 1 N–H and O–H groups in total. The molecule has 0 aliphatic carbocycles. The molecule has 1 amide bonds. The number of aryl methyl sites for hydroxylation is 1. The zero-order valence-electron chi connectivity index (χ0n) is 17.7. The van der Waals surface area contributed by atoms with Crippen molar-refractivity contribution in [2.75, 3.05) is 25.5 Å². The third-order valence-corrected chi connectivity index (χ3v) is 5.58. The molecular formula is C24H27N5O2. The van der Waals surface area contributed by atoms with Crippen molar-refractivity contribution in [1.29, 1.82) is 0 Å². The van der Waals surface area contributed by atoms with Gasteiger partial charge in [-0.05, 0) is 43.0 Å². The first-order chi connectivity index (χ1) is 15.2. The van der Waals surface area contributed by atoms with Crippen molar-refractivity contribution in [3.8, 4) is 5.75 Å². The molecule has 4 rings (SSSR count). The molecule has 1 saturated heterocycles. The van der Waals surface area contributed by atoms with Gasteiger partial charge in [-0.1, -0.05) is 24.3 Å². The number of methoxy groups -OCH3 is 1. The number of nitrogens with one attached hydrogen (secondary N) is 1. The van der Waals surface area contributed by atoms with E-state index in [4.69, 9.17) is 9.72 Å². The number of benzene rings is 1. The first-order valence-electron chi connectivity index (χ1n) is 10.6. The third kappa shape index (κ3) is 5.36. The van der Waals surface area contributed by atoms with Gasteiger partial charge in [0.15, 0.2) is 0 Å². The van der Waals surface area contributed by atoms with Gasteiger partial charge in [-0.2, -0.15) is 0 Å². The lowest BCUT2D eigenvalue weighted by Crippen LogP contribution is -2.39. The second-order valence-corrected chi connectivity index (χ2v) is 7.65. The predicted molar refractivity (Wildman–Crippen MR) is 119 cm³/mol. The molecule has 3 aromatic rings. The van der Waals surface area contributed by atoms with Gasteiger partial charge in [0.1, 0.15) is 17.4 Å². The van der Waals surface area contributed by atoms with E-state index in [-0.39, 0.29) is 11.8 Å². The average molecular weight is 418 g/mol. The van der Waals surface area contributed by atoms with E-state index in [1.807, 2.05) is 47.4 Å². The Labute approximate surface area is 182 Å². The Morgan fingerprint density at radius 1 is 1.16 bits per heavy atom. The molecule has 0 saturated carbocycles. The van der Waals surface area contributed by atoms with E-state index < -0.39 is 0 Å². The second-order valence-electron chi connectivity index (χ2n) is 7.65. The molecule has 31 heavy (non-hydrogen) atoms. The number of hydrogen-bond donors (Lipinski definition) is 1. The van der Waals surface area contributed by atoms with Crippen molar-refractivity contribution < 1.29 is 9.53 Å². The smallest absolute Gasteiger partial charge is 0.222 e. The summed E-state index contributed by atoms with van der Waals surface area (Å²) in [7, 11) is 1.66. The van der Waals surface area contributed by atoms with Crippen LogP contribution in [0.2, 0.25) is 0 Å². The van der Waals surface area contributed by atoms with Crippen molar-refractivity contribution in [2.24, 2.45) is 0 Å². The highest BCUT2D eigenvalue weighted by Gasteiger charge is 2.25. The molecule has 0 bridgehead atoms. The Bertz CT molecular complexity index is 1010. The van der Waals surface area contributed by atoms with Gasteiger partial charge in [0.05, 0.1) is 13.3 Å². The molecule has 7 nitrogen and oxygen atoms in total. The van der Waals surface area contributed by atoms with Crippen LogP contribution >= 0.6 is 0 Å². The summed E-state index contributed by atoms with van der Waals surface area (Å²) in [6.07, 6.45) is 8.11. The zero-order valence-corrected chi connectivity index (χ0v) is 17.7. The van der Waals surface area contributed by atoms with E-state index in [2.05, 4.69) is 15.3 Å². The quantitative estimate of drug-likeness (QED) is 0.627. The summed E-state index contributed by atoms with van der Waals surface area (Å²) in [6, 6.07) is 13.8. The molecule has 160 valence electrons. The average Bonchev–Trinajstić information content (AvgIpc) is 2.83. The van der Waals surface area contributed by atoms with Gasteiger partial charge in [0.25, 0.3) is 0 Å². The standard InChI is InChI=1S/C24H27N5O2/c1-31-21-9-3-2-6-18(21)11-12-24(30)29-15-5-7-19(17-29)20-8-4-10-22(27-20)28-23-16-25-13-14-26-23/h2-4,6,8-10,13-14,16,19H,5,7,11-12,15,17H2,1H3,(H,26,27,28)/t19-/m0/s1. The van der Waals surface area contributed by atoms with E-state index in [0.29, 0.717) is 25.2 Å². The Balaban J connectivity index is 1.38. The summed E-state index contributed by atoms with van der Waals surface area (Å²) in [5.41, 5.74) is 2.06. The normalized spacial score (nSPS) is 16.0. The van der Waals surface area contributed by atoms with Gasteiger partial charge in [0, 0.05) is 43.5 Å². The number of aromatic nitrogens is 3. The second kappa shape index (κ2) is 10.0. The maximum Gasteiger partial charge on any atom is 0.222 e. The molecule has 1 aliphatic heterocycles. The lowest BCUT2D eigenvalue weighted by molar-refractivity contribution is -0.132. The van der Waals surface area contributed by atoms with Crippen LogP contribution in [0.1, 0.15) is 36.4 Å². The van der Waals surface area contributed by atoms with Crippen molar-refractivity contribution in [1.82, 2.24) is 19.9 Å². The number of hydrogen-bond acceptors (Lipinski definition) is 6. The number of piperidine rings is 1.